The molecular weight excluding hydrogens is 270 g/mol. The molecule has 0 fully saturated rings. The highest BCUT2D eigenvalue weighted by Gasteiger charge is 2.18. The third-order valence-corrected chi connectivity index (χ3v) is 3.24. The number of aromatic carboxylic acids is 1. The Labute approximate surface area is 122 Å². The van der Waals surface area contributed by atoms with Gasteiger partial charge in [0.1, 0.15) is 6.04 Å². The van der Waals surface area contributed by atoms with E-state index in [1.165, 1.54) is 16.9 Å². The number of hydrogen-bond donors (Lipinski definition) is 2. The van der Waals surface area contributed by atoms with E-state index < -0.39 is 12.0 Å². The molecule has 1 unspecified atom stereocenters. The molecule has 0 aliphatic carbocycles. The van der Waals surface area contributed by atoms with Crippen molar-refractivity contribution in [2.24, 2.45) is 0 Å². The number of carbonyl (C=O) groups excluding carboxylic acids is 1. The van der Waals surface area contributed by atoms with Gasteiger partial charge in [0.2, 0.25) is 5.91 Å². The minimum atomic E-state index is -1.12. The van der Waals surface area contributed by atoms with Crippen LogP contribution in [0.25, 0.3) is 0 Å². The Morgan fingerprint density at radius 1 is 1.29 bits per heavy atom. The Kier molecular flexibility index (Phi) is 4.07. The van der Waals surface area contributed by atoms with Gasteiger partial charge in [0.25, 0.3) is 0 Å². The first-order chi connectivity index (χ1) is 9.88. The number of nitrogens with zero attached hydrogens (tertiary/aromatic N) is 2. The standard InChI is InChI=1S/C15H17N3O3/c1-9-4-5-12(10(2)8-9)16-14(19)11(3)18-7-6-13(17-18)15(20)21/h4-8,11H,1-3H3,(H,16,19)(H,20,21). The maximum Gasteiger partial charge on any atom is 0.356 e. The quantitative estimate of drug-likeness (QED) is 0.904. The molecule has 0 spiro atoms. The number of carboxylic acids is 1. The highest BCUT2D eigenvalue weighted by Crippen LogP contribution is 2.18. The van der Waals surface area contributed by atoms with E-state index in [4.69, 9.17) is 5.11 Å². The average Bonchev–Trinajstić information content (AvgIpc) is 2.90. The summed E-state index contributed by atoms with van der Waals surface area (Å²) >= 11 is 0. The summed E-state index contributed by atoms with van der Waals surface area (Å²) in [6.07, 6.45) is 1.48. The third kappa shape index (κ3) is 3.28. The van der Waals surface area contributed by atoms with Gasteiger partial charge in [-0.3, -0.25) is 9.48 Å². The van der Waals surface area contributed by atoms with Crippen LogP contribution in [0.2, 0.25) is 0 Å². The van der Waals surface area contributed by atoms with Gasteiger partial charge in [0.15, 0.2) is 5.69 Å². The number of aromatic nitrogens is 2. The van der Waals surface area contributed by atoms with E-state index in [1.54, 1.807) is 6.92 Å². The largest absolute Gasteiger partial charge is 0.476 e. The molecule has 1 heterocycles. The van der Waals surface area contributed by atoms with Crippen molar-refractivity contribution in [1.29, 1.82) is 0 Å². The fourth-order valence-electron chi connectivity index (χ4n) is 1.98. The second-order valence-electron chi connectivity index (χ2n) is 4.97. The van der Waals surface area contributed by atoms with E-state index in [2.05, 4.69) is 10.4 Å². The summed E-state index contributed by atoms with van der Waals surface area (Å²) < 4.78 is 1.34. The van der Waals surface area contributed by atoms with E-state index in [0.29, 0.717) is 0 Å². The summed E-state index contributed by atoms with van der Waals surface area (Å²) in [7, 11) is 0. The molecule has 2 rings (SSSR count). The van der Waals surface area contributed by atoms with Crippen LogP contribution in [0, 0.1) is 13.8 Å². The van der Waals surface area contributed by atoms with E-state index in [1.807, 2.05) is 32.0 Å². The van der Waals surface area contributed by atoms with Gasteiger partial charge in [-0.1, -0.05) is 17.7 Å². The molecule has 21 heavy (non-hydrogen) atoms. The molecule has 0 aliphatic rings. The van der Waals surface area contributed by atoms with Crippen molar-refractivity contribution in [2.45, 2.75) is 26.8 Å². The lowest BCUT2D eigenvalue weighted by Crippen LogP contribution is -2.24. The van der Waals surface area contributed by atoms with Crippen LogP contribution in [0.1, 0.15) is 34.6 Å². The molecule has 0 saturated carbocycles. The van der Waals surface area contributed by atoms with Gasteiger partial charge in [-0.15, -0.1) is 0 Å². The van der Waals surface area contributed by atoms with Gasteiger partial charge < -0.3 is 10.4 Å². The van der Waals surface area contributed by atoms with Crippen LogP contribution in [0.15, 0.2) is 30.5 Å². The molecule has 1 aromatic carbocycles. The van der Waals surface area contributed by atoms with Gasteiger partial charge in [-0.05, 0) is 38.5 Å². The second kappa shape index (κ2) is 5.78. The fraction of sp³-hybridized carbons (Fsp3) is 0.267. The number of carboxylic acid groups (broad SMARTS) is 1. The number of hydrogen-bond acceptors (Lipinski definition) is 3. The minimum absolute atomic E-state index is 0.0823. The van der Waals surface area contributed by atoms with E-state index in [9.17, 15) is 9.59 Å². The Morgan fingerprint density at radius 2 is 2.00 bits per heavy atom. The highest BCUT2D eigenvalue weighted by molar-refractivity contribution is 5.94. The molecule has 1 atom stereocenters. The Morgan fingerprint density at radius 3 is 2.57 bits per heavy atom. The van der Waals surface area contributed by atoms with E-state index in [0.717, 1.165) is 16.8 Å². The molecule has 1 aromatic heterocycles. The number of carbonyl (C=O) groups is 2. The summed E-state index contributed by atoms with van der Waals surface area (Å²) in [6.45, 7) is 5.57. The van der Waals surface area contributed by atoms with Gasteiger partial charge in [0.05, 0.1) is 0 Å². The predicted molar refractivity (Wildman–Crippen MR) is 78.4 cm³/mol. The van der Waals surface area contributed by atoms with Gasteiger partial charge in [-0.2, -0.15) is 5.10 Å². The highest BCUT2D eigenvalue weighted by atomic mass is 16.4. The number of rotatable bonds is 4. The first-order valence-electron chi connectivity index (χ1n) is 6.55. The average molecular weight is 287 g/mol. The van der Waals surface area contributed by atoms with Crippen LogP contribution in [0.3, 0.4) is 0 Å². The summed E-state index contributed by atoms with van der Waals surface area (Å²) in [5.74, 6) is -1.36. The van der Waals surface area contributed by atoms with Gasteiger partial charge in [0, 0.05) is 11.9 Å². The summed E-state index contributed by atoms with van der Waals surface area (Å²) in [5, 5.41) is 15.5. The molecule has 1 amide bonds. The van der Waals surface area contributed by atoms with Crippen molar-refractivity contribution in [3.8, 4) is 0 Å². The predicted octanol–water partition coefficient (Wildman–Crippen LogP) is 2.40. The molecule has 110 valence electrons. The third-order valence-electron chi connectivity index (χ3n) is 3.24. The summed E-state index contributed by atoms with van der Waals surface area (Å²) in [6, 6.07) is 6.52. The molecular formula is C15H17N3O3. The number of benzene rings is 1. The van der Waals surface area contributed by atoms with Gasteiger partial charge in [-0.25, -0.2) is 4.79 Å². The Hall–Kier alpha value is -2.63. The van der Waals surface area contributed by atoms with Crippen molar-refractivity contribution < 1.29 is 14.7 Å². The van der Waals surface area contributed by atoms with Crippen molar-refractivity contribution in [3.05, 3.63) is 47.3 Å². The number of amides is 1. The van der Waals surface area contributed by atoms with Crippen molar-refractivity contribution in [1.82, 2.24) is 9.78 Å². The molecule has 2 aromatic rings. The zero-order valence-electron chi connectivity index (χ0n) is 12.1. The zero-order valence-corrected chi connectivity index (χ0v) is 12.1. The molecule has 2 N–H and O–H groups in total. The van der Waals surface area contributed by atoms with Crippen LogP contribution in [-0.2, 0) is 4.79 Å². The first-order valence-corrected chi connectivity index (χ1v) is 6.55. The molecule has 0 saturated heterocycles. The van der Waals surface area contributed by atoms with Crippen molar-refractivity contribution >= 4 is 17.6 Å². The lowest BCUT2D eigenvalue weighted by Gasteiger charge is -2.14. The molecule has 0 aliphatic heterocycles. The van der Waals surface area contributed by atoms with Crippen LogP contribution in [0.5, 0.6) is 0 Å². The first kappa shape index (κ1) is 14.8. The van der Waals surface area contributed by atoms with Crippen LogP contribution >= 0.6 is 0 Å². The normalized spacial score (nSPS) is 12.0. The molecule has 6 heteroatoms. The van der Waals surface area contributed by atoms with E-state index in [-0.39, 0.29) is 11.6 Å². The molecule has 0 radical (unpaired) electrons. The second-order valence-corrected chi connectivity index (χ2v) is 4.97. The maximum absolute atomic E-state index is 12.2. The number of aryl methyl sites for hydroxylation is 2. The topological polar surface area (TPSA) is 84.2 Å². The van der Waals surface area contributed by atoms with Crippen molar-refractivity contribution in [2.75, 3.05) is 5.32 Å². The number of anilines is 1. The van der Waals surface area contributed by atoms with Crippen LogP contribution < -0.4 is 5.32 Å². The Bertz CT molecular complexity index is 691. The monoisotopic (exact) mass is 287 g/mol. The lowest BCUT2D eigenvalue weighted by atomic mass is 10.1. The van der Waals surface area contributed by atoms with E-state index >= 15 is 0 Å². The fourth-order valence-corrected chi connectivity index (χ4v) is 1.98. The molecule has 6 nitrogen and oxygen atoms in total. The van der Waals surface area contributed by atoms with Gasteiger partial charge >= 0.3 is 5.97 Å². The van der Waals surface area contributed by atoms with Crippen molar-refractivity contribution in [3.63, 3.8) is 0 Å². The minimum Gasteiger partial charge on any atom is -0.476 e. The summed E-state index contributed by atoms with van der Waals surface area (Å²) in [4.78, 5) is 23.0. The van der Waals surface area contributed by atoms with Crippen LogP contribution in [0.4, 0.5) is 5.69 Å². The number of nitrogens with one attached hydrogen (secondary N) is 1. The maximum atomic E-state index is 12.2. The zero-order chi connectivity index (χ0) is 15.6. The summed E-state index contributed by atoms with van der Waals surface area (Å²) in [5.41, 5.74) is 2.75. The Balaban J connectivity index is 2.13. The van der Waals surface area contributed by atoms with Crippen LogP contribution in [-0.4, -0.2) is 26.8 Å². The molecule has 0 bridgehead atoms. The smallest absolute Gasteiger partial charge is 0.356 e. The SMILES string of the molecule is Cc1ccc(NC(=O)C(C)n2ccc(C(=O)O)n2)c(C)c1. The lowest BCUT2D eigenvalue weighted by molar-refractivity contribution is -0.119.